The minimum atomic E-state index is -0.278. The fraction of sp³-hybridized carbons (Fsp3) is 0.250. The molecule has 0 fully saturated rings. The molecule has 0 saturated carbocycles. The number of rotatable bonds is 1. The number of carbonyl (C=O) groups is 1. The first-order valence-electron chi connectivity index (χ1n) is 5.27. The Morgan fingerprint density at radius 3 is 2.76 bits per heavy atom. The van der Waals surface area contributed by atoms with Crippen LogP contribution < -0.4 is 10.9 Å². The zero-order valence-corrected chi connectivity index (χ0v) is 9.94. The van der Waals surface area contributed by atoms with Crippen LogP contribution in [0.3, 0.4) is 0 Å². The zero-order chi connectivity index (χ0) is 12.6. The Kier molecular flexibility index (Phi) is 2.67. The molecular weight excluding hydrogens is 218 g/mol. The lowest BCUT2D eigenvalue weighted by atomic mass is 10.2. The number of fused-ring (bicyclic) bond motifs is 1. The van der Waals surface area contributed by atoms with Gasteiger partial charge in [-0.05, 0) is 25.5 Å². The van der Waals surface area contributed by atoms with E-state index in [1.165, 1.54) is 11.3 Å². The van der Waals surface area contributed by atoms with E-state index in [4.69, 9.17) is 0 Å². The number of aryl methyl sites for hydroxylation is 2. The second-order valence-electron chi connectivity index (χ2n) is 3.94. The molecule has 0 bridgehead atoms. The van der Waals surface area contributed by atoms with Gasteiger partial charge >= 0.3 is 0 Å². The maximum atomic E-state index is 12.1. The number of hydrogen-bond acceptors (Lipinski definition) is 3. The van der Waals surface area contributed by atoms with Gasteiger partial charge in [0.25, 0.3) is 5.56 Å². The lowest BCUT2D eigenvalue weighted by Gasteiger charge is -2.09. The summed E-state index contributed by atoms with van der Waals surface area (Å²) in [5, 5.41) is 2.52. The van der Waals surface area contributed by atoms with Crippen LogP contribution in [0.25, 0.3) is 5.65 Å². The quantitative estimate of drug-likeness (QED) is 0.803. The van der Waals surface area contributed by atoms with E-state index >= 15 is 0 Å². The van der Waals surface area contributed by atoms with Crippen molar-refractivity contribution in [3.8, 4) is 0 Å². The predicted octanol–water partition coefficient (Wildman–Crippen LogP) is 1.27. The third-order valence-corrected chi connectivity index (χ3v) is 2.53. The summed E-state index contributed by atoms with van der Waals surface area (Å²) in [6.45, 7) is 4.96. The summed E-state index contributed by atoms with van der Waals surface area (Å²) < 4.78 is 1.44. The molecule has 1 N–H and O–H groups in total. The maximum Gasteiger partial charge on any atom is 0.281 e. The number of nitrogens with zero attached hydrogens (tertiary/aromatic N) is 2. The molecule has 0 spiro atoms. The van der Waals surface area contributed by atoms with Gasteiger partial charge in [-0.15, -0.1) is 0 Å². The molecule has 2 aromatic heterocycles. The van der Waals surface area contributed by atoms with Gasteiger partial charge in [-0.1, -0.05) is 6.07 Å². The van der Waals surface area contributed by atoms with Gasteiger partial charge in [0.1, 0.15) is 11.3 Å². The number of nitrogens with one attached hydrogen (secondary N) is 1. The SMILES string of the molecule is CC(=O)Nc1c(C)nc2c(C)cccn2c1=O. The van der Waals surface area contributed by atoms with Crippen molar-refractivity contribution < 1.29 is 4.79 Å². The molecule has 2 rings (SSSR count). The van der Waals surface area contributed by atoms with Crippen LogP contribution in [0, 0.1) is 13.8 Å². The van der Waals surface area contributed by atoms with Gasteiger partial charge in [0.2, 0.25) is 5.91 Å². The van der Waals surface area contributed by atoms with E-state index < -0.39 is 0 Å². The minimum Gasteiger partial charge on any atom is -0.320 e. The standard InChI is InChI=1S/C12H13N3O2/c1-7-5-4-6-15-11(7)13-8(2)10(12(15)17)14-9(3)16/h4-6H,1-3H3,(H,14,16). The minimum absolute atomic E-state index is 0.237. The fourth-order valence-electron chi connectivity index (χ4n) is 1.72. The summed E-state index contributed by atoms with van der Waals surface area (Å²) in [6.07, 6.45) is 1.64. The van der Waals surface area contributed by atoms with Crippen LogP contribution in [-0.2, 0) is 4.79 Å². The molecule has 88 valence electrons. The van der Waals surface area contributed by atoms with E-state index in [9.17, 15) is 9.59 Å². The Bertz CT molecular complexity index is 659. The maximum absolute atomic E-state index is 12.1. The highest BCUT2D eigenvalue weighted by Gasteiger charge is 2.11. The summed E-state index contributed by atoms with van der Waals surface area (Å²) in [7, 11) is 0. The number of anilines is 1. The van der Waals surface area contributed by atoms with Crippen molar-refractivity contribution in [2.75, 3.05) is 5.32 Å². The highest BCUT2D eigenvalue weighted by molar-refractivity contribution is 5.89. The van der Waals surface area contributed by atoms with Crippen molar-refractivity contribution in [1.82, 2.24) is 9.38 Å². The van der Waals surface area contributed by atoms with Gasteiger partial charge in [-0.25, -0.2) is 4.98 Å². The van der Waals surface area contributed by atoms with Gasteiger partial charge in [0.05, 0.1) is 5.69 Å². The first kappa shape index (κ1) is 11.3. The van der Waals surface area contributed by atoms with Crippen molar-refractivity contribution in [3.05, 3.63) is 39.9 Å². The monoisotopic (exact) mass is 231 g/mol. The van der Waals surface area contributed by atoms with Gasteiger partial charge < -0.3 is 5.32 Å². The number of aromatic nitrogens is 2. The summed E-state index contributed by atoms with van der Waals surface area (Å²) in [6, 6.07) is 3.66. The van der Waals surface area contributed by atoms with Crippen LogP contribution in [0.15, 0.2) is 23.1 Å². The lowest BCUT2D eigenvalue weighted by Crippen LogP contribution is -2.23. The molecule has 17 heavy (non-hydrogen) atoms. The smallest absolute Gasteiger partial charge is 0.281 e. The van der Waals surface area contributed by atoms with Crippen molar-refractivity contribution in [2.24, 2.45) is 0 Å². The topological polar surface area (TPSA) is 63.5 Å². The second-order valence-corrected chi connectivity index (χ2v) is 3.94. The van der Waals surface area contributed by atoms with Crippen molar-refractivity contribution in [2.45, 2.75) is 20.8 Å². The van der Waals surface area contributed by atoms with E-state index in [-0.39, 0.29) is 17.2 Å². The van der Waals surface area contributed by atoms with Crippen LogP contribution in [0.2, 0.25) is 0 Å². The Morgan fingerprint density at radius 1 is 1.41 bits per heavy atom. The largest absolute Gasteiger partial charge is 0.320 e. The third kappa shape index (κ3) is 1.91. The molecule has 5 nitrogen and oxygen atoms in total. The second kappa shape index (κ2) is 4.01. The van der Waals surface area contributed by atoms with E-state index in [2.05, 4.69) is 10.3 Å². The van der Waals surface area contributed by atoms with Crippen LogP contribution in [0.1, 0.15) is 18.2 Å². The molecule has 0 radical (unpaired) electrons. The predicted molar refractivity (Wildman–Crippen MR) is 65.2 cm³/mol. The summed E-state index contributed by atoms with van der Waals surface area (Å²) in [5.41, 5.74) is 2.04. The van der Waals surface area contributed by atoms with Crippen molar-refractivity contribution in [1.29, 1.82) is 0 Å². The Morgan fingerprint density at radius 2 is 2.12 bits per heavy atom. The molecule has 0 saturated heterocycles. The van der Waals surface area contributed by atoms with Crippen LogP contribution in [-0.4, -0.2) is 15.3 Å². The van der Waals surface area contributed by atoms with Gasteiger partial charge in [-0.3, -0.25) is 14.0 Å². The fourth-order valence-corrected chi connectivity index (χ4v) is 1.72. The first-order valence-corrected chi connectivity index (χ1v) is 5.27. The number of hydrogen-bond donors (Lipinski definition) is 1. The first-order chi connectivity index (χ1) is 8.00. The molecule has 0 unspecified atom stereocenters. The molecule has 0 aromatic carbocycles. The van der Waals surface area contributed by atoms with Crippen LogP contribution in [0.4, 0.5) is 5.69 Å². The molecule has 5 heteroatoms. The lowest BCUT2D eigenvalue weighted by molar-refractivity contribution is -0.114. The van der Waals surface area contributed by atoms with Crippen LogP contribution >= 0.6 is 0 Å². The van der Waals surface area contributed by atoms with Crippen molar-refractivity contribution in [3.63, 3.8) is 0 Å². The zero-order valence-electron chi connectivity index (χ0n) is 9.94. The van der Waals surface area contributed by atoms with Crippen LogP contribution in [0.5, 0.6) is 0 Å². The van der Waals surface area contributed by atoms with Crippen molar-refractivity contribution >= 4 is 17.2 Å². The summed E-state index contributed by atoms with van der Waals surface area (Å²) >= 11 is 0. The van der Waals surface area contributed by atoms with Gasteiger partial charge in [0, 0.05) is 13.1 Å². The van der Waals surface area contributed by atoms with E-state index in [1.807, 2.05) is 13.0 Å². The van der Waals surface area contributed by atoms with E-state index in [1.54, 1.807) is 19.2 Å². The summed E-state index contributed by atoms with van der Waals surface area (Å²) in [4.78, 5) is 27.5. The average Bonchev–Trinajstić information content (AvgIpc) is 2.26. The summed E-state index contributed by atoms with van der Waals surface area (Å²) in [5.74, 6) is -0.278. The molecule has 0 aliphatic heterocycles. The molecule has 1 amide bonds. The molecule has 0 aliphatic rings. The number of pyridine rings is 1. The highest BCUT2D eigenvalue weighted by atomic mass is 16.2. The highest BCUT2D eigenvalue weighted by Crippen LogP contribution is 2.11. The van der Waals surface area contributed by atoms with Gasteiger partial charge in [0.15, 0.2) is 0 Å². The Hall–Kier alpha value is -2.17. The van der Waals surface area contributed by atoms with Gasteiger partial charge in [-0.2, -0.15) is 0 Å². The van der Waals surface area contributed by atoms with E-state index in [0.29, 0.717) is 11.3 Å². The molecule has 0 aliphatic carbocycles. The molecule has 0 atom stereocenters. The Labute approximate surface area is 98.1 Å². The number of carbonyl (C=O) groups excluding carboxylic acids is 1. The Balaban J connectivity index is 2.81. The third-order valence-electron chi connectivity index (χ3n) is 2.53. The molecule has 2 aromatic rings. The normalized spacial score (nSPS) is 10.5. The molecule has 2 heterocycles. The number of amides is 1. The molecular formula is C12H13N3O2. The average molecular weight is 231 g/mol. The van der Waals surface area contributed by atoms with E-state index in [0.717, 1.165) is 5.56 Å².